The lowest BCUT2D eigenvalue weighted by Gasteiger charge is -2.36. The van der Waals surface area contributed by atoms with Gasteiger partial charge in [-0.05, 0) is 43.7 Å². The van der Waals surface area contributed by atoms with Crippen LogP contribution in [0.1, 0.15) is 12.8 Å². The number of hydrogen-bond donors (Lipinski definition) is 1. The summed E-state index contributed by atoms with van der Waals surface area (Å²) in [6, 6.07) is 8.38. The van der Waals surface area contributed by atoms with Gasteiger partial charge in [0.25, 0.3) is 0 Å². The van der Waals surface area contributed by atoms with Crippen molar-refractivity contribution >= 4 is 11.6 Å². The van der Waals surface area contributed by atoms with Crippen LogP contribution in [0.15, 0.2) is 29.3 Å². The molecule has 1 unspecified atom stereocenters. The highest BCUT2D eigenvalue weighted by Gasteiger charge is 2.24. The first-order valence-corrected chi connectivity index (χ1v) is 10.8. The minimum absolute atomic E-state index is 0.626. The lowest BCUT2D eigenvalue weighted by Crippen LogP contribution is -2.47. The van der Waals surface area contributed by atoms with E-state index in [2.05, 4.69) is 37.1 Å². The third-order valence-corrected chi connectivity index (χ3v) is 5.94. The second-order valence-electron chi connectivity index (χ2n) is 7.91. The molecule has 1 aromatic carbocycles. The molecule has 29 heavy (non-hydrogen) atoms. The number of nitrogens with one attached hydrogen (secondary N) is 1. The molecular formula is C22H37N5O2. The maximum atomic E-state index is 5.30. The zero-order valence-electron chi connectivity index (χ0n) is 18.3. The number of rotatable bonds is 8. The predicted molar refractivity (Wildman–Crippen MR) is 119 cm³/mol. The van der Waals surface area contributed by atoms with Gasteiger partial charge in [-0.2, -0.15) is 0 Å². The van der Waals surface area contributed by atoms with Crippen molar-refractivity contribution in [2.45, 2.75) is 12.8 Å². The van der Waals surface area contributed by atoms with Crippen LogP contribution in [0.25, 0.3) is 0 Å². The van der Waals surface area contributed by atoms with Gasteiger partial charge in [0.05, 0.1) is 13.7 Å². The molecule has 1 aromatic rings. The molecule has 3 rings (SSSR count). The Morgan fingerprint density at radius 1 is 1.10 bits per heavy atom. The molecule has 0 amide bonds. The van der Waals surface area contributed by atoms with E-state index < -0.39 is 0 Å². The van der Waals surface area contributed by atoms with Crippen molar-refractivity contribution in [3.8, 4) is 5.75 Å². The fourth-order valence-corrected chi connectivity index (χ4v) is 4.25. The van der Waals surface area contributed by atoms with Crippen molar-refractivity contribution < 1.29 is 9.47 Å². The molecule has 2 aliphatic heterocycles. The van der Waals surface area contributed by atoms with Crippen LogP contribution >= 0.6 is 0 Å². The Hall–Kier alpha value is -1.99. The van der Waals surface area contributed by atoms with Gasteiger partial charge in [0.2, 0.25) is 0 Å². The summed E-state index contributed by atoms with van der Waals surface area (Å²) in [5.41, 5.74) is 1.29. The molecular weight excluding hydrogens is 366 g/mol. The van der Waals surface area contributed by atoms with Crippen molar-refractivity contribution in [3.05, 3.63) is 24.3 Å². The van der Waals surface area contributed by atoms with Gasteiger partial charge in [-0.25, -0.2) is 0 Å². The van der Waals surface area contributed by atoms with E-state index in [1.807, 2.05) is 19.2 Å². The van der Waals surface area contributed by atoms with E-state index in [9.17, 15) is 0 Å². The average Bonchev–Trinajstić information content (AvgIpc) is 3.23. The third-order valence-electron chi connectivity index (χ3n) is 5.94. The minimum atomic E-state index is 0.626. The first-order valence-electron chi connectivity index (χ1n) is 10.8. The molecule has 0 aromatic heterocycles. The molecule has 1 atom stereocenters. The molecule has 0 aliphatic carbocycles. The van der Waals surface area contributed by atoms with Gasteiger partial charge in [-0.15, -0.1) is 0 Å². The van der Waals surface area contributed by atoms with Crippen LogP contribution in [-0.2, 0) is 4.74 Å². The van der Waals surface area contributed by atoms with Crippen LogP contribution in [0.4, 0.5) is 5.69 Å². The number of piperazine rings is 1. The molecule has 0 radical (unpaired) electrons. The molecule has 2 aliphatic rings. The highest BCUT2D eigenvalue weighted by molar-refractivity contribution is 5.80. The first kappa shape index (κ1) is 21.7. The Balaban J connectivity index is 1.32. The maximum Gasteiger partial charge on any atom is 0.193 e. The van der Waals surface area contributed by atoms with E-state index in [4.69, 9.17) is 9.47 Å². The monoisotopic (exact) mass is 403 g/mol. The third kappa shape index (κ3) is 6.24. The van der Waals surface area contributed by atoms with Crippen LogP contribution < -0.4 is 15.0 Å². The summed E-state index contributed by atoms with van der Waals surface area (Å²) in [5, 5.41) is 3.55. The maximum absolute atomic E-state index is 5.30. The summed E-state index contributed by atoms with van der Waals surface area (Å²) >= 11 is 0. The molecule has 0 saturated carbocycles. The van der Waals surface area contributed by atoms with E-state index in [-0.39, 0.29) is 0 Å². The lowest BCUT2D eigenvalue weighted by molar-refractivity contribution is 0.157. The van der Waals surface area contributed by atoms with E-state index in [1.54, 1.807) is 14.2 Å². The minimum Gasteiger partial charge on any atom is -0.497 e. The van der Waals surface area contributed by atoms with E-state index in [0.717, 1.165) is 77.1 Å². The summed E-state index contributed by atoms with van der Waals surface area (Å²) in [6.07, 6.45) is 2.32. The quantitative estimate of drug-likeness (QED) is 0.406. The Morgan fingerprint density at radius 3 is 2.52 bits per heavy atom. The molecule has 1 N–H and O–H groups in total. The molecule has 2 heterocycles. The van der Waals surface area contributed by atoms with Gasteiger partial charge in [0, 0.05) is 71.6 Å². The van der Waals surface area contributed by atoms with Crippen LogP contribution in [-0.4, -0.2) is 96.0 Å². The standard InChI is InChI=1S/C22H37N5O2/c1-23-22(27-12-9-19(17-27)18-28-2)24-10-4-11-25-13-15-26(16-14-25)20-5-7-21(29-3)8-6-20/h5-8,19H,4,9-18H2,1-3H3,(H,23,24). The van der Waals surface area contributed by atoms with Gasteiger partial charge in [0.1, 0.15) is 5.75 Å². The number of hydrogen-bond acceptors (Lipinski definition) is 5. The number of aliphatic imine (C=N–C) groups is 1. The van der Waals surface area contributed by atoms with E-state index >= 15 is 0 Å². The summed E-state index contributed by atoms with van der Waals surface area (Å²) in [4.78, 5) is 11.8. The lowest BCUT2D eigenvalue weighted by atomic mass is 10.1. The molecule has 162 valence electrons. The van der Waals surface area contributed by atoms with Gasteiger partial charge >= 0.3 is 0 Å². The summed E-state index contributed by atoms with van der Waals surface area (Å²) in [6.45, 7) is 9.45. The molecule has 0 spiro atoms. The summed E-state index contributed by atoms with van der Waals surface area (Å²) in [7, 11) is 5.37. The second kappa shape index (κ2) is 11.3. The number of guanidine groups is 1. The Morgan fingerprint density at radius 2 is 1.86 bits per heavy atom. The van der Waals surface area contributed by atoms with Crippen LogP contribution in [0, 0.1) is 5.92 Å². The van der Waals surface area contributed by atoms with Crippen molar-refractivity contribution in [1.82, 2.24) is 15.1 Å². The largest absolute Gasteiger partial charge is 0.497 e. The molecule has 2 fully saturated rings. The average molecular weight is 404 g/mol. The number of benzene rings is 1. The Bertz CT molecular complexity index is 629. The number of likely N-dealkylation sites (tertiary alicyclic amines) is 1. The summed E-state index contributed by atoms with van der Waals surface area (Å²) < 4.78 is 10.6. The van der Waals surface area contributed by atoms with Crippen LogP contribution in [0.3, 0.4) is 0 Å². The molecule has 7 heteroatoms. The second-order valence-corrected chi connectivity index (χ2v) is 7.91. The Kier molecular flexibility index (Phi) is 8.43. The van der Waals surface area contributed by atoms with E-state index in [0.29, 0.717) is 5.92 Å². The van der Waals surface area contributed by atoms with Crippen molar-refractivity contribution in [2.75, 3.05) is 85.1 Å². The fraction of sp³-hybridized carbons (Fsp3) is 0.682. The van der Waals surface area contributed by atoms with Gasteiger partial charge in [-0.1, -0.05) is 0 Å². The summed E-state index contributed by atoms with van der Waals surface area (Å²) in [5.74, 6) is 2.58. The van der Waals surface area contributed by atoms with E-state index in [1.165, 1.54) is 12.1 Å². The normalized spacial score (nSPS) is 20.9. The number of ether oxygens (including phenoxy) is 2. The molecule has 0 bridgehead atoms. The van der Waals surface area contributed by atoms with Gasteiger partial charge in [0.15, 0.2) is 5.96 Å². The molecule has 7 nitrogen and oxygen atoms in total. The van der Waals surface area contributed by atoms with Gasteiger partial charge in [-0.3, -0.25) is 9.89 Å². The smallest absolute Gasteiger partial charge is 0.193 e. The van der Waals surface area contributed by atoms with Crippen molar-refractivity contribution in [3.63, 3.8) is 0 Å². The predicted octanol–water partition coefficient (Wildman–Crippen LogP) is 1.75. The highest BCUT2D eigenvalue weighted by Crippen LogP contribution is 2.20. The van der Waals surface area contributed by atoms with Crippen molar-refractivity contribution in [2.24, 2.45) is 10.9 Å². The fourth-order valence-electron chi connectivity index (χ4n) is 4.25. The van der Waals surface area contributed by atoms with Crippen LogP contribution in [0.2, 0.25) is 0 Å². The van der Waals surface area contributed by atoms with Crippen LogP contribution in [0.5, 0.6) is 5.75 Å². The highest BCUT2D eigenvalue weighted by atomic mass is 16.5. The Labute approximate surface area is 175 Å². The topological polar surface area (TPSA) is 52.6 Å². The SMILES string of the molecule is CN=C(NCCCN1CCN(c2ccc(OC)cc2)CC1)N1CCC(COC)C1. The number of nitrogens with zero attached hydrogens (tertiary/aromatic N) is 4. The first-order chi connectivity index (χ1) is 14.2. The molecule has 2 saturated heterocycles. The number of anilines is 1. The number of methoxy groups -OCH3 is 2. The zero-order valence-corrected chi connectivity index (χ0v) is 18.3. The zero-order chi connectivity index (χ0) is 20.5. The van der Waals surface area contributed by atoms with Crippen molar-refractivity contribution in [1.29, 1.82) is 0 Å². The van der Waals surface area contributed by atoms with Gasteiger partial charge < -0.3 is 24.6 Å².